The van der Waals surface area contributed by atoms with Gasteiger partial charge in [0.25, 0.3) is 5.91 Å². The Morgan fingerprint density at radius 3 is 2.92 bits per heavy atom. The van der Waals surface area contributed by atoms with Gasteiger partial charge in [0.05, 0.1) is 23.4 Å². The van der Waals surface area contributed by atoms with Gasteiger partial charge in [-0.05, 0) is 25.0 Å². The molecule has 4 heterocycles. The van der Waals surface area contributed by atoms with Crippen molar-refractivity contribution in [3.8, 4) is 0 Å². The third-order valence-electron chi connectivity index (χ3n) is 4.92. The van der Waals surface area contributed by atoms with Crippen LogP contribution in [0, 0.1) is 0 Å². The number of piperazine rings is 1. The second-order valence-corrected chi connectivity index (χ2v) is 6.58. The minimum Gasteiger partial charge on any atom is -0.399 e. The number of ether oxygens (including phenoxy) is 1. The molecule has 0 radical (unpaired) electrons. The first kappa shape index (κ1) is 15.4. The van der Waals surface area contributed by atoms with Crippen LogP contribution in [-0.2, 0) is 4.74 Å². The lowest BCUT2D eigenvalue weighted by molar-refractivity contribution is 0.0433. The van der Waals surface area contributed by atoms with Crippen LogP contribution in [0.15, 0.2) is 24.5 Å². The predicted molar refractivity (Wildman–Crippen MR) is 90.9 cm³/mol. The molecule has 128 valence electrons. The van der Waals surface area contributed by atoms with Crippen LogP contribution in [-0.4, -0.2) is 70.8 Å². The third-order valence-corrected chi connectivity index (χ3v) is 4.92. The molecule has 2 aromatic heterocycles. The Morgan fingerprint density at radius 2 is 2.17 bits per heavy atom. The lowest BCUT2D eigenvalue weighted by Crippen LogP contribution is -2.50. The Hall–Kier alpha value is -2.12. The molecule has 2 aliphatic rings. The van der Waals surface area contributed by atoms with Crippen molar-refractivity contribution in [3.05, 3.63) is 30.1 Å². The summed E-state index contributed by atoms with van der Waals surface area (Å²) in [6.07, 6.45) is 6.11. The number of nitrogens with two attached hydrogens (primary N) is 1. The third kappa shape index (κ3) is 2.97. The summed E-state index contributed by atoms with van der Waals surface area (Å²) >= 11 is 0. The molecule has 7 nitrogen and oxygen atoms in total. The first-order valence-corrected chi connectivity index (χ1v) is 8.57. The summed E-state index contributed by atoms with van der Waals surface area (Å²) in [7, 11) is 0. The zero-order valence-corrected chi connectivity index (χ0v) is 13.7. The van der Waals surface area contributed by atoms with E-state index >= 15 is 0 Å². The van der Waals surface area contributed by atoms with Gasteiger partial charge in [0.15, 0.2) is 0 Å². The van der Waals surface area contributed by atoms with Gasteiger partial charge in [-0.2, -0.15) is 5.10 Å². The van der Waals surface area contributed by atoms with Crippen LogP contribution in [0.5, 0.6) is 0 Å². The van der Waals surface area contributed by atoms with Crippen molar-refractivity contribution in [1.82, 2.24) is 19.4 Å². The molecule has 1 amide bonds. The number of nitrogens with zero attached hydrogens (tertiary/aromatic N) is 4. The van der Waals surface area contributed by atoms with Crippen molar-refractivity contribution in [2.24, 2.45) is 0 Å². The average Bonchev–Trinajstić information content (AvgIpc) is 3.24. The molecule has 2 fully saturated rings. The molecule has 2 N–H and O–H groups in total. The summed E-state index contributed by atoms with van der Waals surface area (Å²) in [6.45, 7) is 5.15. The largest absolute Gasteiger partial charge is 0.399 e. The molecule has 0 bridgehead atoms. The molecule has 0 aliphatic carbocycles. The Kier molecular flexibility index (Phi) is 4.12. The maximum absolute atomic E-state index is 12.8. The normalized spacial score (nSPS) is 22.3. The predicted octanol–water partition coefficient (Wildman–Crippen LogP) is 0.853. The van der Waals surface area contributed by atoms with Crippen molar-refractivity contribution >= 4 is 17.1 Å². The molecule has 1 atom stereocenters. The van der Waals surface area contributed by atoms with Crippen molar-refractivity contribution in [3.63, 3.8) is 0 Å². The van der Waals surface area contributed by atoms with Gasteiger partial charge in [0, 0.05) is 51.2 Å². The Morgan fingerprint density at radius 1 is 1.33 bits per heavy atom. The number of aromatic nitrogens is 2. The zero-order chi connectivity index (χ0) is 16.5. The van der Waals surface area contributed by atoms with Crippen molar-refractivity contribution in [2.45, 2.75) is 18.9 Å². The van der Waals surface area contributed by atoms with Crippen LogP contribution >= 0.6 is 0 Å². The highest BCUT2D eigenvalue weighted by molar-refractivity contribution is 6.01. The fraction of sp³-hybridized carbons (Fsp3) is 0.529. The standard InChI is InChI=1S/C17H23N5O2/c18-13-3-4-22-16(10-13)15(11-19-22)17(23)21-7-5-20(6-8-21)12-14-2-1-9-24-14/h3-4,10-11,14H,1-2,5-9,12,18H2. The summed E-state index contributed by atoms with van der Waals surface area (Å²) < 4.78 is 7.39. The summed E-state index contributed by atoms with van der Waals surface area (Å²) in [6, 6.07) is 3.58. The first-order valence-electron chi connectivity index (χ1n) is 8.57. The van der Waals surface area contributed by atoms with Crippen LogP contribution in [0.3, 0.4) is 0 Å². The number of anilines is 1. The minimum atomic E-state index is 0.0346. The fourth-order valence-corrected chi connectivity index (χ4v) is 3.54. The van der Waals surface area contributed by atoms with E-state index < -0.39 is 0 Å². The van der Waals surface area contributed by atoms with Crippen LogP contribution in [0.4, 0.5) is 5.69 Å². The van der Waals surface area contributed by atoms with Crippen molar-refractivity contribution < 1.29 is 9.53 Å². The number of hydrogen-bond acceptors (Lipinski definition) is 5. The van der Waals surface area contributed by atoms with E-state index in [0.717, 1.165) is 51.3 Å². The smallest absolute Gasteiger partial charge is 0.257 e. The van der Waals surface area contributed by atoms with Gasteiger partial charge in [-0.25, -0.2) is 4.52 Å². The Balaban J connectivity index is 1.41. The second-order valence-electron chi connectivity index (χ2n) is 6.58. The molecule has 0 spiro atoms. The number of carbonyl (C=O) groups excluding carboxylic acids is 1. The SMILES string of the molecule is Nc1ccn2ncc(C(=O)N3CCN(CC4CCCO4)CC3)c2c1. The topological polar surface area (TPSA) is 76.1 Å². The number of fused-ring (bicyclic) bond motifs is 1. The van der Waals surface area contributed by atoms with E-state index in [1.165, 1.54) is 6.42 Å². The second kappa shape index (κ2) is 6.41. The van der Waals surface area contributed by atoms with Gasteiger partial charge < -0.3 is 15.4 Å². The highest BCUT2D eigenvalue weighted by Crippen LogP contribution is 2.18. The minimum absolute atomic E-state index is 0.0346. The molecule has 1 unspecified atom stereocenters. The van der Waals surface area contributed by atoms with Crippen LogP contribution < -0.4 is 5.73 Å². The summed E-state index contributed by atoms with van der Waals surface area (Å²) in [5, 5.41) is 4.25. The maximum Gasteiger partial charge on any atom is 0.257 e. The molecule has 2 aliphatic heterocycles. The number of nitrogen functional groups attached to an aromatic ring is 1. The summed E-state index contributed by atoms with van der Waals surface area (Å²) in [5.74, 6) is 0.0346. The fourth-order valence-electron chi connectivity index (χ4n) is 3.54. The molecule has 24 heavy (non-hydrogen) atoms. The Bertz CT molecular complexity index is 730. The lowest BCUT2D eigenvalue weighted by atomic mass is 10.2. The van der Waals surface area contributed by atoms with Gasteiger partial charge in [-0.1, -0.05) is 0 Å². The molecular formula is C17H23N5O2. The van der Waals surface area contributed by atoms with Crippen LogP contribution in [0.1, 0.15) is 23.2 Å². The van der Waals surface area contributed by atoms with E-state index in [-0.39, 0.29) is 5.91 Å². The Labute approximate surface area is 141 Å². The number of rotatable bonds is 3. The number of pyridine rings is 1. The lowest BCUT2D eigenvalue weighted by Gasteiger charge is -2.35. The van der Waals surface area contributed by atoms with E-state index in [9.17, 15) is 4.79 Å². The molecule has 2 saturated heterocycles. The number of hydrogen-bond donors (Lipinski definition) is 1. The zero-order valence-electron chi connectivity index (χ0n) is 13.7. The summed E-state index contributed by atoms with van der Waals surface area (Å²) in [4.78, 5) is 17.1. The van der Waals surface area contributed by atoms with Gasteiger partial charge >= 0.3 is 0 Å². The quantitative estimate of drug-likeness (QED) is 0.904. The van der Waals surface area contributed by atoms with Crippen molar-refractivity contribution in [2.75, 3.05) is 45.1 Å². The number of amides is 1. The average molecular weight is 329 g/mol. The summed E-state index contributed by atoms with van der Waals surface area (Å²) in [5.41, 5.74) is 7.87. The van der Waals surface area contributed by atoms with E-state index in [1.807, 2.05) is 4.90 Å². The van der Waals surface area contributed by atoms with Crippen LogP contribution in [0.2, 0.25) is 0 Å². The van der Waals surface area contributed by atoms with E-state index in [0.29, 0.717) is 17.4 Å². The van der Waals surface area contributed by atoms with Crippen LogP contribution in [0.25, 0.3) is 5.52 Å². The van der Waals surface area contributed by atoms with E-state index in [4.69, 9.17) is 10.5 Å². The molecule has 2 aromatic rings. The van der Waals surface area contributed by atoms with E-state index in [2.05, 4.69) is 10.00 Å². The molecular weight excluding hydrogens is 306 g/mol. The van der Waals surface area contributed by atoms with Gasteiger partial charge in [-0.15, -0.1) is 0 Å². The van der Waals surface area contributed by atoms with E-state index in [1.54, 1.807) is 29.0 Å². The van der Waals surface area contributed by atoms with Gasteiger partial charge in [0.2, 0.25) is 0 Å². The molecule has 4 rings (SSSR count). The highest BCUT2D eigenvalue weighted by Gasteiger charge is 2.26. The molecule has 0 saturated carbocycles. The van der Waals surface area contributed by atoms with Gasteiger partial charge in [-0.3, -0.25) is 9.69 Å². The maximum atomic E-state index is 12.8. The first-order chi connectivity index (χ1) is 11.7. The molecule has 7 heteroatoms. The van der Waals surface area contributed by atoms with Crippen molar-refractivity contribution in [1.29, 1.82) is 0 Å². The van der Waals surface area contributed by atoms with Gasteiger partial charge in [0.1, 0.15) is 0 Å². The molecule has 0 aromatic carbocycles. The highest BCUT2D eigenvalue weighted by atomic mass is 16.5. The monoisotopic (exact) mass is 329 g/mol. The number of carbonyl (C=O) groups is 1.